The van der Waals surface area contributed by atoms with E-state index >= 15 is 0 Å². The first-order chi connectivity index (χ1) is 9.95. The van der Waals surface area contributed by atoms with E-state index in [1.165, 1.54) is 0 Å². The number of benzene rings is 1. The summed E-state index contributed by atoms with van der Waals surface area (Å²) in [6.07, 6.45) is 0. The molecule has 110 valence electrons. The number of carbonyl (C=O) groups is 1. The normalized spacial score (nSPS) is 10.5. The van der Waals surface area contributed by atoms with Gasteiger partial charge < -0.3 is 10.6 Å². The number of hydrogen-bond donors (Lipinski definition) is 2. The largest absolute Gasteiger partial charge is 0.366 e. The molecular formula is C14H14Cl2N4O. The minimum Gasteiger partial charge on any atom is -0.366 e. The summed E-state index contributed by atoms with van der Waals surface area (Å²) in [4.78, 5) is 12.1. The van der Waals surface area contributed by atoms with E-state index in [1.807, 2.05) is 13.8 Å². The molecule has 0 radical (unpaired) electrons. The van der Waals surface area contributed by atoms with Gasteiger partial charge in [0.25, 0.3) is 5.91 Å². The minimum absolute atomic E-state index is 0.204. The molecule has 0 atom stereocenters. The van der Waals surface area contributed by atoms with Gasteiger partial charge in [-0.15, -0.1) is 10.2 Å². The van der Waals surface area contributed by atoms with Crippen LogP contribution in [0.1, 0.15) is 24.3 Å². The molecule has 0 unspecified atom stereocenters. The van der Waals surface area contributed by atoms with Crippen LogP contribution in [-0.2, 0) is 0 Å². The molecule has 0 fully saturated rings. The van der Waals surface area contributed by atoms with Gasteiger partial charge in [-0.3, -0.25) is 4.79 Å². The van der Waals surface area contributed by atoms with Crippen molar-refractivity contribution in [1.29, 1.82) is 0 Å². The van der Waals surface area contributed by atoms with Gasteiger partial charge in [0.15, 0.2) is 5.69 Å². The molecule has 1 amide bonds. The molecule has 2 rings (SSSR count). The smallest absolute Gasteiger partial charge is 0.276 e. The zero-order chi connectivity index (χ0) is 15.4. The van der Waals surface area contributed by atoms with Crippen LogP contribution in [0.3, 0.4) is 0 Å². The van der Waals surface area contributed by atoms with Crippen LogP contribution >= 0.6 is 23.2 Å². The quantitative estimate of drug-likeness (QED) is 0.896. The van der Waals surface area contributed by atoms with Crippen molar-refractivity contribution >= 4 is 40.6 Å². The highest BCUT2D eigenvalue weighted by atomic mass is 35.5. The first-order valence-electron chi connectivity index (χ1n) is 6.32. The maximum atomic E-state index is 12.1. The fourth-order valence-corrected chi connectivity index (χ4v) is 2.06. The van der Waals surface area contributed by atoms with Crippen LogP contribution < -0.4 is 10.6 Å². The molecule has 2 aromatic rings. The third-order valence-electron chi connectivity index (χ3n) is 2.51. The van der Waals surface area contributed by atoms with Gasteiger partial charge in [-0.1, -0.05) is 23.2 Å². The van der Waals surface area contributed by atoms with Crippen LogP contribution in [0.25, 0.3) is 0 Å². The summed E-state index contributed by atoms with van der Waals surface area (Å²) in [5.41, 5.74) is 0.674. The Morgan fingerprint density at radius 1 is 1.14 bits per heavy atom. The number of anilines is 2. The zero-order valence-corrected chi connectivity index (χ0v) is 13.0. The summed E-state index contributed by atoms with van der Waals surface area (Å²) in [5, 5.41) is 14.4. The van der Waals surface area contributed by atoms with Gasteiger partial charge in [-0.05, 0) is 44.2 Å². The zero-order valence-electron chi connectivity index (χ0n) is 11.5. The third-order valence-corrected chi connectivity index (χ3v) is 3.06. The van der Waals surface area contributed by atoms with Gasteiger partial charge in [0.1, 0.15) is 5.82 Å². The second-order valence-electron chi connectivity index (χ2n) is 4.68. The van der Waals surface area contributed by atoms with E-state index in [-0.39, 0.29) is 17.6 Å². The average Bonchev–Trinajstić information content (AvgIpc) is 2.42. The second kappa shape index (κ2) is 6.74. The fraction of sp³-hybridized carbons (Fsp3) is 0.214. The Balaban J connectivity index is 2.09. The lowest BCUT2D eigenvalue weighted by Gasteiger charge is -2.09. The van der Waals surface area contributed by atoms with Crippen LogP contribution in [0.4, 0.5) is 11.5 Å². The molecule has 0 aliphatic rings. The molecule has 2 N–H and O–H groups in total. The number of hydrogen-bond acceptors (Lipinski definition) is 4. The highest BCUT2D eigenvalue weighted by Crippen LogP contribution is 2.25. The molecule has 0 aliphatic heterocycles. The van der Waals surface area contributed by atoms with Gasteiger partial charge in [-0.2, -0.15) is 0 Å². The number of rotatable bonds is 4. The van der Waals surface area contributed by atoms with E-state index < -0.39 is 0 Å². The molecule has 1 aromatic carbocycles. The van der Waals surface area contributed by atoms with Gasteiger partial charge in [0.2, 0.25) is 0 Å². The Bertz CT molecular complexity index is 644. The summed E-state index contributed by atoms with van der Waals surface area (Å²) in [6, 6.07) is 8.36. The van der Waals surface area contributed by atoms with Crippen molar-refractivity contribution in [2.24, 2.45) is 0 Å². The van der Waals surface area contributed by atoms with Crippen LogP contribution in [0.5, 0.6) is 0 Å². The minimum atomic E-state index is -0.386. The number of aromatic nitrogens is 2. The lowest BCUT2D eigenvalue weighted by Crippen LogP contribution is -2.16. The highest BCUT2D eigenvalue weighted by Gasteiger charge is 2.11. The van der Waals surface area contributed by atoms with E-state index in [4.69, 9.17) is 23.2 Å². The molecule has 0 spiro atoms. The summed E-state index contributed by atoms with van der Waals surface area (Å²) in [7, 11) is 0. The number of nitrogens with zero attached hydrogens (tertiary/aromatic N) is 2. The maximum absolute atomic E-state index is 12.1. The number of halogens is 2. The molecule has 0 saturated carbocycles. The number of carbonyl (C=O) groups excluding carboxylic acids is 1. The molecular weight excluding hydrogens is 311 g/mol. The first-order valence-corrected chi connectivity index (χ1v) is 7.08. The Morgan fingerprint density at radius 2 is 1.90 bits per heavy atom. The highest BCUT2D eigenvalue weighted by molar-refractivity contribution is 6.36. The van der Waals surface area contributed by atoms with Gasteiger partial charge in [0, 0.05) is 11.1 Å². The Morgan fingerprint density at radius 3 is 2.48 bits per heavy atom. The fourth-order valence-electron chi connectivity index (χ4n) is 1.60. The lowest BCUT2D eigenvalue weighted by molar-refractivity contribution is 0.102. The summed E-state index contributed by atoms with van der Waals surface area (Å²) < 4.78 is 0. The third kappa shape index (κ3) is 4.31. The molecule has 5 nitrogen and oxygen atoms in total. The summed E-state index contributed by atoms with van der Waals surface area (Å²) >= 11 is 11.8. The van der Waals surface area contributed by atoms with Crippen LogP contribution in [-0.4, -0.2) is 22.1 Å². The SMILES string of the molecule is CC(C)Nc1ccc(C(=O)Nc2ccc(Cl)cc2Cl)nn1. The molecule has 0 bridgehead atoms. The molecule has 1 heterocycles. The van der Waals surface area contributed by atoms with E-state index in [0.717, 1.165) is 0 Å². The van der Waals surface area contributed by atoms with E-state index in [1.54, 1.807) is 30.3 Å². The summed E-state index contributed by atoms with van der Waals surface area (Å²) in [6.45, 7) is 3.98. The van der Waals surface area contributed by atoms with Crippen LogP contribution in [0.15, 0.2) is 30.3 Å². The predicted molar refractivity (Wildman–Crippen MR) is 85.2 cm³/mol. The topological polar surface area (TPSA) is 66.9 Å². The van der Waals surface area contributed by atoms with Crippen molar-refractivity contribution < 1.29 is 4.79 Å². The van der Waals surface area contributed by atoms with Crippen molar-refractivity contribution in [3.63, 3.8) is 0 Å². The van der Waals surface area contributed by atoms with E-state index in [2.05, 4.69) is 20.8 Å². The number of nitrogens with one attached hydrogen (secondary N) is 2. The van der Waals surface area contributed by atoms with Gasteiger partial charge >= 0.3 is 0 Å². The van der Waals surface area contributed by atoms with Crippen LogP contribution in [0, 0.1) is 0 Å². The Labute approximate surface area is 132 Å². The van der Waals surface area contributed by atoms with E-state index in [9.17, 15) is 4.79 Å². The average molecular weight is 325 g/mol. The standard InChI is InChI=1S/C14H14Cl2N4O/c1-8(2)17-13-6-5-12(19-20-13)14(21)18-11-4-3-9(15)7-10(11)16/h3-8H,1-2H3,(H,17,20)(H,18,21). The Kier molecular flexibility index (Phi) is 4.98. The number of amides is 1. The molecule has 0 aliphatic carbocycles. The Hall–Kier alpha value is -1.85. The molecule has 7 heteroatoms. The van der Waals surface area contributed by atoms with Gasteiger partial charge in [0.05, 0.1) is 10.7 Å². The van der Waals surface area contributed by atoms with Crippen molar-refractivity contribution in [3.05, 3.63) is 46.1 Å². The van der Waals surface area contributed by atoms with Crippen molar-refractivity contribution in [3.8, 4) is 0 Å². The molecule has 21 heavy (non-hydrogen) atoms. The van der Waals surface area contributed by atoms with Crippen molar-refractivity contribution in [1.82, 2.24) is 10.2 Å². The predicted octanol–water partition coefficient (Wildman–Crippen LogP) is 3.86. The summed E-state index contributed by atoms with van der Waals surface area (Å²) in [5.74, 6) is 0.230. The van der Waals surface area contributed by atoms with Crippen molar-refractivity contribution in [2.75, 3.05) is 10.6 Å². The van der Waals surface area contributed by atoms with Crippen LogP contribution in [0.2, 0.25) is 10.0 Å². The van der Waals surface area contributed by atoms with Gasteiger partial charge in [-0.25, -0.2) is 0 Å². The maximum Gasteiger partial charge on any atom is 0.276 e. The first kappa shape index (κ1) is 15.5. The van der Waals surface area contributed by atoms with E-state index in [0.29, 0.717) is 21.6 Å². The molecule has 1 aromatic heterocycles. The lowest BCUT2D eigenvalue weighted by atomic mass is 10.3. The van der Waals surface area contributed by atoms with Crippen molar-refractivity contribution in [2.45, 2.75) is 19.9 Å². The second-order valence-corrected chi connectivity index (χ2v) is 5.52. The molecule has 0 saturated heterocycles. The monoisotopic (exact) mass is 324 g/mol.